The Hall–Kier alpha value is -0.370. The van der Waals surface area contributed by atoms with E-state index in [-0.39, 0.29) is 5.54 Å². The number of fused-ring (bicyclic) bond motifs is 2. The molecule has 2 saturated carbocycles. The molecule has 2 bridgehead atoms. The highest BCUT2D eigenvalue weighted by Crippen LogP contribution is 2.46. The van der Waals surface area contributed by atoms with Gasteiger partial charge in [0.1, 0.15) is 0 Å². The van der Waals surface area contributed by atoms with E-state index in [1.807, 2.05) is 0 Å². The highest BCUT2D eigenvalue weighted by molar-refractivity contribution is 5.93. The van der Waals surface area contributed by atoms with E-state index in [4.69, 9.17) is 0 Å². The van der Waals surface area contributed by atoms with Crippen LogP contribution in [0.25, 0.3) is 0 Å². The number of Topliss-reactive ketones (excluding diaryl/α,β-unsaturated/α-hetero) is 1. The van der Waals surface area contributed by atoms with Gasteiger partial charge in [-0.05, 0) is 51.6 Å². The Labute approximate surface area is 85.7 Å². The summed E-state index contributed by atoms with van der Waals surface area (Å²) in [6.07, 6.45) is 8.56. The van der Waals surface area contributed by atoms with Crippen molar-refractivity contribution >= 4 is 5.78 Å². The molecule has 14 heavy (non-hydrogen) atoms. The molecule has 0 radical (unpaired) electrons. The lowest BCUT2D eigenvalue weighted by atomic mass is 9.80. The predicted octanol–water partition coefficient (Wildman–Crippen LogP) is 1.98. The topological polar surface area (TPSA) is 20.3 Å². The van der Waals surface area contributed by atoms with Crippen LogP contribution in [0.3, 0.4) is 0 Å². The van der Waals surface area contributed by atoms with E-state index in [2.05, 4.69) is 4.90 Å². The monoisotopic (exact) mass is 193 g/mol. The molecule has 0 amide bonds. The highest BCUT2D eigenvalue weighted by atomic mass is 16.1. The lowest BCUT2D eigenvalue weighted by Crippen LogP contribution is -2.53. The number of hydrogen-bond acceptors (Lipinski definition) is 2. The van der Waals surface area contributed by atoms with Gasteiger partial charge >= 0.3 is 0 Å². The van der Waals surface area contributed by atoms with Gasteiger partial charge in [-0.3, -0.25) is 9.69 Å². The summed E-state index contributed by atoms with van der Waals surface area (Å²) < 4.78 is 0. The zero-order valence-corrected chi connectivity index (χ0v) is 8.80. The van der Waals surface area contributed by atoms with Crippen molar-refractivity contribution in [2.24, 2.45) is 5.92 Å². The smallest absolute Gasteiger partial charge is 0.156 e. The molecule has 0 aromatic carbocycles. The number of likely N-dealkylation sites (tertiary alicyclic amines) is 1. The van der Waals surface area contributed by atoms with Crippen molar-refractivity contribution in [1.82, 2.24) is 4.90 Å². The third-order valence-electron chi connectivity index (χ3n) is 4.59. The van der Waals surface area contributed by atoms with Crippen LogP contribution in [0, 0.1) is 5.92 Å². The average Bonchev–Trinajstić information content (AvgIpc) is 2.75. The molecule has 1 aliphatic heterocycles. The van der Waals surface area contributed by atoms with E-state index < -0.39 is 0 Å². The van der Waals surface area contributed by atoms with Crippen LogP contribution < -0.4 is 0 Å². The van der Waals surface area contributed by atoms with Crippen LogP contribution in [0.4, 0.5) is 0 Å². The number of rotatable bonds is 1. The normalized spacial score (nSPS) is 43.4. The number of nitrogens with zero attached hydrogens (tertiary/aromatic N) is 1. The minimum Gasteiger partial charge on any atom is -0.297 e. The molecule has 0 aromatic rings. The summed E-state index contributed by atoms with van der Waals surface area (Å²) in [5.41, 5.74) is 0.0272. The van der Waals surface area contributed by atoms with Crippen molar-refractivity contribution in [3.05, 3.63) is 0 Å². The summed E-state index contributed by atoms with van der Waals surface area (Å²) in [6, 6.07) is 0. The molecule has 3 aliphatic rings. The molecule has 3 rings (SSSR count). The first kappa shape index (κ1) is 8.90. The molecule has 0 aromatic heterocycles. The van der Waals surface area contributed by atoms with Gasteiger partial charge in [0.15, 0.2) is 5.78 Å². The summed E-state index contributed by atoms with van der Waals surface area (Å²) >= 11 is 0. The van der Waals surface area contributed by atoms with Crippen molar-refractivity contribution in [1.29, 1.82) is 0 Å². The number of hydrogen-bond donors (Lipinski definition) is 0. The van der Waals surface area contributed by atoms with E-state index in [1.54, 1.807) is 0 Å². The molecular weight excluding hydrogens is 174 g/mol. The molecule has 2 unspecified atom stereocenters. The van der Waals surface area contributed by atoms with Crippen molar-refractivity contribution in [3.63, 3.8) is 0 Å². The third kappa shape index (κ3) is 1.04. The van der Waals surface area contributed by atoms with E-state index in [0.29, 0.717) is 11.7 Å². The summed E-state index contributed by atoms with van der Waals surface area (Å²) in [5.74, 6) is 1.04. The molecule has 0 N–H and O–H groups in total. The first-order chi connectivity index (χ1) is 6.83. The van der Waals surface area contributed by atoms with Crippen LogP contribution in [0.2, 0.25) is 0 Å². The third-order valence-corrected chi connectivity index (χ3v) is 4.59. The summed E-state index contributed by atoms with van der Waals surface area (Å²) in [5, 5.41) is 0. The van der Waals surface area contributed by atoms with E-state index in [9.17, 15) is 4.79 Å². The lowest BCUT2D eigenvalue weighted by Gasteiger charge is -2.39. The lowest BCUT2D eigenvalue weighted by molar-refractivity contribution is -0.133. The van der Waals surface area contributed by atoms with Gasteiger partial charge in [0.05, 0.1) is 5.54 Å². The van der Waals surface area contributed by atoms with E-state index in [0.717, 1.165) is 12.8 Å². The molecule has 3 fully saturated rings. The minimum atomic E-state index is 0.0272. The Bertz CT molecular complexity index is 253. The maximum Gasteiger partial charge on any atom is 0.156 e. The van der Waals surface area contributed by atoms with E-state index >= 15 is 0 Å². The molecule has 1 saturated heterocycles. The first-order valence-corrected chi connectivity index (χ1v) is 6.12. The molecular formula is C12H19NO. The summed E-state index contributed by atoms with van der Waals surface area (Å²) in [4.78, 5) is 14.8. The quantitative estimate of drug-likeness (QED) is 0.634. The van der Waals surface area contributed by atoms with Gasteiger partial charge in [-0.2, -0.15) is 0 Å². The van der Waals surface area contributed by atoms with Crippen molar-refractivity contribution in [3.8, 4) is 0 Å². The van der Waals surface area contributed by atoms with Crippen molar-refractivity contribution in [2.45, 2.75) is 50.5 Å². The van der Waals surface area contributed by atoms with Crippen LogP contribution >= 0.6 is 0 Å². The number of ketones is 1. The highest BCUT2D eigenvalue weighted by Gasteiger charge is 2.53. The fourth-order valence-electron chi connectivity index (χ4n) is 3.83. The maximum absolute atomic E-state index is 12.3. The van der Waals surface area contributed by atoms with Crippen LogP contribution in [-0.4, -0.2) is 29.3 Å². The first-order valence-electron chi connectivity index (χ1n) is 6.12. The van der Waals surface area contributed by atoms with Gasteiger partial charge in [-0.15, -0.1) is 0 Å². The second kappa shape index (κ2) is 3.06. The number of carbonyl (C=O) groups excluding carboxylic acids is 1. The van der Waals surface area contributed by atoms with Crippen molar-refractivity contribution < 1.29 is 4.79 Å². The fraction of sp³-hybridized carbons (Fsp3) is 0.917. The maximum atomic E-state index is 12.3. The largest absolute Gasteiger partial charge is 0.297 e. The Balaban J connectivity index is 1.89. The Kier molecular flexibility index (Phi) is 1.94. The Morgan fingerprint density at radius 3 is 2.64 bits per heavy atom. The summed E-state index contributed by atoms with van der Waals surface area (Å²) in [6.45, 7) is 2.36. The van der Waals surface area contributed by atoms with Gasteiger partial charge in [-0.25, -0.2) is 0 Å². The second-order valence-electron chi connectivity index (χ2n) is 5.22. The molecule has 2 aliphatic carbocycles. The van der Waals surface area contributed by atoms with Crippen LogP contribution in [-0.2, 0) is 4.79 Å². The van der Waals surface area contributed by atoms with Gasteiger partial charge in [0.25, 0.3) is 0 Å². The fourth-order valence-corrected chi connectivity index (χ4v) is 3.83. The number of carbonyl (C=O) groups is 1. The molecule has 0 spiro atoms. The van der Waals surface area contributed by atoms with Crippen molar-refractivity contribution in [2.75, 3.05) is 13.1 Å². The molecule has 2 atom stereocenters. The molecule has 78 valence electrons. The van der Waals surface area contributed by atoms with Crippen LogP contribution in [0.1, 0.15) is 44.9 Å². The minimum absolute atomic E-state index is 0.0272. The zero-order valence-electron chi connectivity index (χ0n) is 8.80. The Morgan fingerprint density at radius 1 is 1.07 bits per heavy atom. The molecule has 2 nitrogen and oxygen atoms in total. The van der Waals surface area contributed by atoms with Gasteiger partial charge in [-0.1, -0.05) is 6.42 Å². The van der Waals surface area contributed by atoms with Gasteiger partial charge in [0, 0.05) is 5.92 Å². The van der Waals surface area contributed by atoms with Gasteiger partial charge in [0.2, 0.25) is 0 Å². The Morgan fingerprint density at radius 2 is 1.86 bits per heavy atom. The standard InChI is InChI=1S/C12H19NO/c14-11-10-4-3-6-12(11,7-5-10)13-8-1-2-9-13/h10H,1-9H2. The summed E-state index contributed by atoms with van der Waals surface area (Å²) in [7, 11) is 0. The van der Waals surface area contributed by atoms with Crippen LogP contribution in [0.5, 0.6) is 0 Å². The second-order valence-corrected chi connectivity index (χ2v) is 5.22. The van der Waals surface area contributed by atoms with Crippen LogP contribution in [0.15, 0.2) is 0 Å². The predicted molar refractivity (Wildman–Crippen MR) is 55.1 cm³/mol. The SMILES string of the molecule is O=C1C2CCCC1(N1CCCC1)CC2. The average molecular weight is 193 g/mol. The molecule has 2 heteroatoms. The van der Waals surface area contributed by atoms with Gasteiger partial charge < -0.3 is 0 Å². The van der Waals surface area contributed by atoms with E-state index in [1.165, 1.54) is 45.2 Å². The molecule has 1 heterocycles. The zero-order chi connectivity index (χ0) is 9.60.